The SMILES string of the molecule is CCOc1cc(/C=C2/C(=N)N3N=C(C4CCCCC4)SC3=NC2=O)cc(Cl)c1OCc1ccc(F)cc1. The number of ether oxygens (including phenoxy) is 2. The Morgan fingerprint density at radius 2 is 1.95 bits per heavy atom. The molecule has 0 atom stereocenters. The summed E-state index contributed by atoms with van der Waals surface area (Å²) >= 11 is 7.94. The first-order chi connectivity index (χ1) is 17.9. The molecule has 0 spiro atoms. The number of thioether (sulfide) groups is 1. The summed E-state index contributed by atoms with van der Waals surface area (Å²) in [5.41, 5.74) is 1.46. The van der Waals surface area contributed by atoms with E-state index in [1.54, 1.807) is 30.3 Å². The number of aliphatic imine (C=N–C) groups is 1. The van der Waals surface area contributed by atoms with Gasteiger partial charge in [-0.2, -0.15) is 15.1 Å². The van der Waals surface area contributed by atoms with Crippen molar-refractivity contribution in [2.75, 3.05) is 6.61 Å². The van der Waals surface area contributed by atoms with Crippen molar-refractivity contribution in [3.63, 3.8) is 0 Å². The summed E-state index contributed by atoms with van der Waals surface area (Å²) < 4.78 is 24.9. The molecule has 5 rings (SSSR count). The molecule has 2 aromatic carbocycles. The second-order valence-corrected chi connectivity index (χ2v) is 10.4. The average Bonchev–Trinajstić information content (AvgIpc) is 3.32. The van der Waals surface area contributed by atoms with Gasteiger partial charge in [-0.3, -0.25) is 10.2 Å². The van der Waals surface area contributed by atoms with Crippen molar-refractivity contribution in [3.8, 4) is 11.5 Å². The largest absolute Gasteiger partial charge is 0.490 e. The molecule has 1 amide bonds. The molecule has 192 valence electrons. The van der Waals surface area contributed by atoms with E-state index < -0.39 is 5.91 Å². The number of rotatable bonds is 7. The number of amidine groups is 2. The minimum absolute atomic E-state index is 0.0148. The lowest BCUT2D eigenvalue weighted by molar-refractivity contribution is -0.114. The number of hydrazone groups is 1. The van der Waals surface area contributed by atoms with Crippen molar-refractivity contribution in [2.24, 2.45) is 16.0 Å². The number of halogens is 2. The Balaban J connectivity index is 1.39. The number of nitrogens with one attached hydrogen (secondary N) is 1. The molecule has 0 radical (unpaired) electrons. The third-order valence-electron chi connectivity index (χ3n) is 6.36. The molecule has 3 aliphatic rings. The van der Waals surface area contributed by atoms with Gasteiger partial charge in [-0.1, -0.05) is 43.0 Å². The topological polar surface area (TPSA) is 87.3 Å². The van der Waals surface area contributed by atoms with Gasteiger partial charge in [-0.15, -0.1) is 0 Å². The molecule has 7 nitrogen and oxygen atoms in total. The lowest BCUT2D eigenvalue weighted by Gasteiger charge is -2.20. The highest BCUT2D eigenvalue weighted by Gasteiger charge is 2.38. The fourth-order valence-corrected chi connectivity index (χ4v) is 5.83. The van der Waals surface area contributed by atoms with Crippen LogP contribution in [0.4, 0.5) is 4.39 Å². The van der Waals surface area contributed by atoms with Crippen molar-refractivity contribution in [1.82, 2.24) is 5.01 Å². The van der Waals surface area contributed by atoms with Crippen molar-refractivity contribution in [1.29, 1.82) is 5.41 Å². The maximum Gasteiger partial charge on any atom is 0.283 e. The van der Waals surface area contributed by atoms with E-state index in [0.29, 0.717) is 34.8 Å². The fraction of sp³-hybridized carbons (Fsp3) is 0.333. The summed E-state index contributed by atoms with van der Waals surface area (Å²) in [6.07, 6.45) is 7.30. The van der Waals surface area contributed by atoms with Crippen LogP contribution in [0.2, 0.25) is 5.02 Å². The van der Waals surface area contributed by atoms with Crippen molar-refractivity contribution in [2.45, 2.75) is 45.6 Å². The minimum Gasteiger partial charge on any atom is -0.490 e. The fourth-order valence-electron chi connectivity index (χ4n) is 4.50. The number of hydrogen-bond donors (Lipinski definition) is 1. The minimum atomic E-state index is -0.491. The van der Waals surface area contributed by atoms with Gasteiger partial charge in [0.25, 0.3) is 5.91 Å². The van der Waals surface area contributed by atoms with Crippen LogP contribution < -0.4 is 9.47 Å². The van der Waals surface area contributed by atoms with Gasteiger partial charge in [0.1, 0.15) is 17.5 Å². The number of benzene rings is 2. The van der Waals surface area contributed by atoms with Crippen LogP contribution in [0.25, 0.3) is 6.08 Å². The Bertz CT molecular complexity index is 1320. The zero-order valence-electron chi connectivity index (χ0n) is 20.3. The van der Waals surface area contributed by atoms with Crippen LogP contribution in [0.15, 0.2) is 52.1 Å². The first kappa shape index (κ1) is 25.5. The summed E-state index contributed by atoms with van der Waals surface area (Å²) in [6.45, 7) is 2.39. The number of carbonyl (C=O) groups is 1. The number of amides is 1. The van der Waals surface area contributed by atoms with Gasteiger partial charge in [0.15, 0.2) is 17.3 Å². The van der Waals surface area contributed by atoms with Crippen LogP contribution in [0.3, 0.4) is 0 Å². The molecule has 10 heteroatoms. The predicted molar refractivity (Wildman–Crippen MR) is 145 cm³/mol. The van der Waals surface area contributed by atoms with Gasteiger partial charge in [0.2, 0.25) is 5.17 Å². The van der Waals surface area contributed by atoms with Crippen molar-refractivity contribution < 1.29 is 18.7 Å². The van der Waals surface area contributed by atoms with E-state index in [0.717, 1.165) is 23.4 Å². The Labute approximate surface area is 223 Å². The summed E-state index contributed by atoms with van der Waals surface area (Å²) in [7, 11) is 0. The van der Waals surface area contributed by atoms with Crippen LogP contribution in [0.1, 0.15) is 50.2 Å². The quantitative estimate of drug-likeness (QED) is 0.397. The summed E-state index contributed by atoms with van der Waals surface area (Å²) in [4.78, 5) is 17.1. The third-order valence-corrected chi connectivity index (χ3v) is 7.72. The van der Waals surface area contributed by atoms with E-state index in [9.17, 15) is 9.18 Å². The number of fused-ring (bicyclic) bond motifs is 1. The van der Waals surface area contributed by atoms with Crippen LogP contribution in [0, 0.1) is 17.1 Å². The van der Waals surface area contributed by atoms with Crippen molar-refractivity contribution in [3.05, 3.63) is 63.9 Å². The Morgan fingerprint density at radius 1 is 1.19 bits per heavy atom. The lowest BCUT2D eigenvalue weighted by Crippen LogP contribution is -2.35. The zero-order chi connectivity index (χ0) is 25.9. The summed E-state index contributed by atoms with van der Waals surface area (Å²) in [6, 6.07) is 9.35. The van der Waals surface area contributed by atoms with E-state index in [-0.39, 0.29) is 28.9 Å². The molecule has 0 unspecified atom stereocenters. The Kier molecular flexibility index (Phi) is 7.62. The Hall–Kier alpha value is -3.17. The number of nitrogens with zero attached hydrogens (tertiary/aromatic N) is 3. The summed E-state index contributed by atoms with van der Waals surface area (Å²) in [5, 5.41) is 16.4. The van der Waals surface area contributed by atoms with Crippen LogP contribution in [0.5, 0.6) is 11.5 Å². The van der Waals surface area contributed by atoms with Gasteiger partial charge in [0.05, 0.1) is 17.2 Å². The second-order valence-electron chi connectivity index (χ2n) is 8.97. The molecule has 1 saturated carbocycles. The van der Waals surface area contributed by atoms with Crippen molar-refractivity contribution >= 4 is 51.4 Å². The monoisotopic (exact) mass is 540 g/mol. The van der Waals surface area contributed by atoms with Gasteiger partial charge in [-0.25, -0.2) is 4.39 Å². The van der Waals surface area contributed by atoms with Crippen LogP contribution in [-0.2, 0) is 11.4 Å². The Morgan fingerprint density at radius 3 is 2.68 bits per heavy atom. The predicted octanol–water partition coefficient (Wildman–Crippen LogP) is 6.66. The molecule has 2 heterocycles. The molecular weight excluding hydrogens is 515 g/mol. The van der Waals surface area contributed by atoms with Gasteiger partial charge < -0.3 is 9.47 Å². The smallest absolute Gasteiger partial charge is 0.283 e. The normalized spacial score (nSPS) is 19.1. The molecule has 0 saturated heterocycles. The maximum absolute atomic E-state index is 13.2. The standard InChI is InChI=1S/C27H26ClFN4O3S/c1-2-35-22-14-17(13-21(28)23(22)36-15-16-8-10-19(29)11-9-16)12-20-24(30)33-27(31-25(20)34)37-26(32-33)18-6-4-3-5-7-18/h8-14,18,30H,2-7,15H2,1H3/b20-12-,30-24?. The molecule has 2 aliphatic heterocycles. The lowest BCUT2D eigenvalue weighted by atomic mass is 9.90. The highest BCUT2D eigenvalue weighted by Crippen LogP contribution is 2.39. The van der Waals surface area contributed by atoms with E-state index in [4.69, 9.17) is 26.5 Å². The van der Waals surface area contributed by atoms with E-state index in [1.165, 1.54) is 48.2 Å². The van der Waals surface area contributed by atoms with E-state index in [1.807, 2.05) is 6.92 Å². The van der Waals surface area contributed by atoms with Crippen LogP contribution >= 0.6 is 23.4 Å². The second kappa shape index (κ2) is 11.1. The first-order valence-corrected chi connectivity index (χ1v) is 13.5. The highest BCUT2D eigenvalue weighted by atomic mass is 35.5. The van der Waals surface area contributed by atoms with Crippen LogP contribution in [-0.4, -0.2) is 33.6 Å². The number of carbonyl (C=O) groups excluding carboxylic acids is 1. The van der Waals surface area contributed by atoms with E-state index >= 15 is 0 Å². The molecule has 0 aromatic heterocycles. The van der Waals surface area contributed by atoms with Gasteiger partial charge in [0, 0.05) is 5.92 Å². The molecule has 1 aliphatic carbocycles. The molecule has 2 aromatic rings. The maximum atomic E-state index is 13.2. The molecular formula is C27H26ClFN4O3S. The van der Waals surface area contributed by atoms with E-state index in [2.05, 4.69) is 10.1 Å². The zero-order valence-corrected chi connectivity index (χ0v) is 21.9. The van der Waals surface area contributed by atoms with Gasteiger partial charge in [-0.05, 0) is 73.0 Å². The summed E-state index contributed by atoms with van der Waals surface area (Å²) in [5.74, 6) is 0.276. The van der Waals surface area contributed by atoms with Gasteiger partial charge >= 0.3 is 0 Å². The highest BCUT2D eigenvalue weighted by molar-refractivity contribution is 8.27. The first-order valence-electron chi connectivity index (χ1n) is 12.3. The molecule has 37 heavy (non-hydrogen) atoms. The molecule has 0 bridgehead atoms. The average molecular weight is 541 g/mol. The molecule has 1 N–H and O–H groups in total. The third kappa shape index (κ3) is 5.57. The molecule has 1 fully saturated rings. The number of hydrogen-bond acceptors (Lipinski definition) is 6.